The van der Waals surface area contributed by atoms with Gasteiger partial charge in [0.25, 0.3) is 0 Å². The van der Waals surface area contributed by atoms with Crippen LogP contribution in [0.2, 0.25) is 0 Å². The van der Waals surface area contributed by atoms with Gasteiger partial charge in [-0.15, -0.1) is 0 Å². The number of aryl methyl sites for hydroxylation is 6. The van der Waals surface area contributed by atoms with Gasteiger partial charge in [-0.1, -0.05) is 346 Å². The molecule has 20 rings (SSSR count). The second-order valence-corrected chi connectivity index (χ2v) is 47.1. The van der Waals surface area contributed by atoms with Crippen LogP contribution < -0.4 is 31.7 Å². The van der Waals surface area contributed by atoms with Crippen LogP contribution in [-0.4, -0.2) is 77.3 Å². The number of benzene rings is 12. The molecule has 16 heteroatoms. The molecule has 8 aliphatic rings. The lowest BCUT2D eigenvalue weighted by atomic mass is 9.66. The van der Waals surface area contributed by atoms with E-state index in [9.17, 15) is 0 Å². The highest BCUT2D eigenvalue weighted by atomic mass is 79.9. The molecular formula is C129H156B4Br2N2O8. The summed E-state index contributed by atoms with van der Waals surface area (Å²) in [5, 5.41) is 0. The van der Waals surface area contributed by atoms with Crippen molar-refractivity contribution in [2.45, 2.75) is 343 Å². The summed E-state index contributed by atoms with van der Waals surface area (Å²) >= 11 is 7.14. The van der Waals surface area contributed by atoms with E-state index in [4.69, 9.17) is 37.2 Å². The topological polar surface area (TPSA) is 80.3 Å². The fourth-order valence-corrected chi connectivity index (χ4v) is 24.8. The number of rotatable bonds is 38. The predicted octanol–water partition coefficient (Wildman–Crippen LogP) is 33.3. The van der Waals surface area contributed by atoms with Crippen molar-refractivity contribution in [1.82, 2.24) is 0 Å². The molecule has 0 radical (unpaired) electrons. The Morgan fingerprint density at radius 1 is 0.234 bits per heavy atom. The lowest BCUT2D eigenvalue weighted by molar-refractivity contribution is 0.00578. The van der Waals surface area contributed by atoms with E-state index in [1.807, 2.05) is 0 Å². The molecule has 0 aromatic heterocycles. The Balaban J connectivity index is 0.000000155. The first-order valence-corrected chi connectivity index (χ1v) is 57.1. The van der Waals surface area contributed by atoms with Crippen molar-refractivity contribution in [3.63, 3.8) is 0 Å². The first-order valence-electron chi connectivity index (χ1n) is 55.5. The third-order valence-electron chi connectivity index (χ3n) is 34.2. The summed E-state index contributed by atoms with van der Waals surface area (Å²) in [6.07, 6.45) is 36.2. The third kappa shape index (κ3) is 21.6. The molecule has 0 bridgehead atoms. The van der Waals surface area contributed by atoms with Crippen LogP contribution in [0.15, 0.2) is 239 Å². The summed E-state index contributed by atoms with van der Waals surface area (Å²) in [6.45, 7) is 42.5. The summed E-state index contributed by atoms with van der Waals surface area (Å²) in [4.78, 5) is 4.57. The van der Waals surface area contributed by atoms with Crippen LogP contribution in [0.1, 0.15) is 341 Å². The fraction of sp³-hybridized carbons (Fsp3) is 0.442. The van der Waals surface area contributed by atoms with Gasteiger partial charge in [0.1, 0.15) is 0 Å². The minimum Gasteiger partial charge on any atom is -0.405 e. The third-order valence-corrected chi connectivity index (χ3v) is 35.3. The highest BCUT2D eigenvalue weighted by Crippen LogP contribution is 2.65. The normalized spacial score (nSPS) is 16.9. The molecule has 4 aliphatic heterocycles. The molecule has 4 heterocycles. The molecule has 4 saturated heterocycles. The lowest BCUT2D eigenvalue weighted by Crippen LogP contribution is -2.41. The quantitative estimate of drug-likeness (QED) is 0.0276. The Morgan fingerprint density at radius 3 is 0.745 bits per heavy atom. The van der Waals surface area contributed by atoms with Crippen molar-refractivity contribution in [1.29, 1.82) is 0 Å². The van der Waals surface area contributed by atoms with Gasteiger partial charge in [-0.25, -0.2) is 0 Å². The first-order chi connectivity index (χ1) is 69.9. The van der Waals surface area contributed by atoms with E-state index in [0.29, 0.717) is 26.4 Å². The van der Waals surface area contributed by atoms with E-state index in [2.05, 4.69) is 397 Å². The maximum Gasteiger partial charge on any atom is 0.494 e. The number of fused-ring (bicyclic) bond motifs is 16. The smallest absolute Gasteiger partial charge is 0.405 e. The summed E-state index contributed by atoms with van der Waals surface area (Å²) in [7, 11) is -1.41. The van der Waals surface area contributed by atoms with Crippen LogP contribution >= 0.6 is 31.9 Å². The molecule has 756 valence electrons. The molecular weight excluding hydrogens is 1910 g/mol. The second-order valence-electron chi connectivity index (χ2n) is 45.2. The lowest BCUT2D eigenvalue weighted by Gasteiger charge is -2.35. The fourth-order valence-electron chi connectivity index (χ4n) is 24.3. The van der Waals surface area contributed by atoms with E-state index in [1.165, 1.54) is 302 Å². The molecule has 12 aromatic carbocycles. The van der Waals surface area contributed by atoms with Gasteiger partial charge in [-0.3, -0.25) is 0 Å². The molecule has 12 aromatic rings. The largest absolute Gasteiger partial charge is 0.494 e. The maximum atomic E-state index is 6.82. The molecule has 0 unspecified atom stereocenters. The Bertz CT molecular complexity index is 5960. The number of hydrogen-bond donors (Lipinski definition) is 0. The van der Waals surface area contributed by atoms with Gasteiger partial charge in [0, 0.05) is 53.9 Å². The molecule has 10 nitrogen and oxygen atoms in total. The predicted molar refractivity (Wildman–Crippen MR) is 619 cm³/mol. The van der Waals surface area contributed by atoms with Gasteiger partial charge < -0.3 is 47.0 Å². The molecule has 0 N–H and O–H groups in total. The molecule has 4 fully saturated rings. The molecule has 145 heavy (non-hydrogen) atoms. The van der Waals surface area contributed by atoms with Crippen LogP contribution in [-0.2, 0) is 53.5 Å². The standard InChI is InChI=1S/C64H100B2O4.C33H30B2O4.C32H26Br2N2/c1-13-17-21-25-29-33-41-63(42-34-30-26-22-18-14-2)55-45-49(65-67-59(5,6)60(7,8)68-65)37-39-51(55)53-48-58-54(47-57(53)63)52-40-38-50(66-69-61(9,10)62(11,12)70-66)46-56(52)64(58,43-35-31-27-23-19-15-3)44-36-32-28-24-20-16-4;1-19-13-27-28-14-20(2)22(4)16-30(28)33(29(27)15-21(19)3)31-17-23(34-36-9-10-37-34)5-7-25(31)26-8-6-24(18-32(26)33)35-38-11-12-39-35;1-23-3-11-27(12-4-23)35(29-15-7-25(33)8-16-29)31-19-21-32(22-20-31)36(28-13-5-24(2)6-14-28)30-17-9-26(34)10-18-30/h37-40,45-48H,13-36,41-44H2,1-12H3;5-8,13-18H,9-12H2,1-4H3;3-22H,1-2H3. The number of hydrogen-bond acceptors (Lipinski definition) is 10. The van der Waals surface area contributed by atoms with Crippen molar-refractivity contribution in [3.05, 3.63) is 317 Å². The van der Waals surface area contributed by atoms with Crippen molar-refractivity contribution in [2.24, 2.45) is 0 Å². The van der Waals surface area contributed by atoms with Gasteiger partial charge in [0.2, 0.25) is 0 Å². The van der Waals surface area contributed by atoms with Crippen LogP contribution in [0.4, 0.5) is 34.1 Å². The van der Waals surface area contributed by atoms with Crippen molar-refractivity contribution >= 4 is 116 Å². The van der Waals surface area contributed by atoms with E-state index in [1.54, 1.807) is 11.1 Å². The zero-order valence-electron chi connectivity index (χ0n) is 90.3. The molecule has 1 spiro atoms. The van der Waals surface area contributed by atoms with Crippen molar-refractivity contribution < 1.29 is 37.2 Å². The Kier molecular flexibility index (Phi) is 33.3. The van der Waals surface area contributed by atoms with Crippen molar-refractivity contribution in [3.8, 4) is 44.5 Å². The maximum absolute atomic E-state index is 6.82. The monoisotopic (exact) mass is 2060 g/mol. The van der Waals surface area contributed by atoms with Crippen LogP contribution in [0.3, 0.4) is 0 Å². The summed E-state index contributed by atoms with van der Waals surface area (Å²) in [5.41, 5.74) is 39.4. The van der Waals surface area contributed by atoms with E-state index in [0.717, 1.165) is 54.0 Å². The van der Waals surface area contributed by atoms with Gasteiger partial charge >= 0.3 is 28.5 Å². The Morgan fingerprint density at radius 2 is 0.455 bits per heavy atom. The first kappa shape index (κ1) is 106. The van der Waals surface area contributed by atoms with Crippen LogP contribution in [0.5, 0.6) is 0 Å². The summed E-state index contributed by atoms with van der Waals surface area (Å²) < 4.78 is 53.3. The molecule has 0 atom stereocenters. The molecule has 0 amide bonds. The van der Waals surface area contributed by atoms with Crippen molar-refractivity contribution in [2.75, 3.05) is 36.2 Å². The highest BCUT2D eigenvalue weighted by molar-refractivity contribution is 9.10. The zero-order chi connectivity index (χ0) is 102. The number of unbranched alkanes of at least 4 members (excludes halogenated alkanes) is 20. The minimum atomic E-state index is -0.449. The molecule has 4 aliphatic carbocycles. The second kappa shape index (κ2) is 45.5. The van der Waals surface area contributed by atoms with Crippen LogP contribution in [0, 0.1) is 41.5 Å². The average molecular weight is 2070 g/mol. The van der Waals surface area contributed by atoms with Gasteiger partial charge in [-0.05, 0) is 365 Å². The van der Waals surface area contributed by atoms with Gasteiger partial charge in [0.15, 0.2) is 0 Å². The van der Waals surface area contributed by atoms with E-state index >= 15 is 0 Å². The molecule has 0 saturated carbocycles. The zero-order valence-corrected chi connectivity index (χ0v) is 93.5. The summed E-state index contributed by atoms with van der Waals surface area (Å²) in [5.74, 6) is 0. The number of anilines is 6. The number of halogens is 2. The highest BCUT2D eigenvalue weighted by Gasteiger charge is 2.57. The Labute approximate surface area is 888 Å². The van der Waals surface area contributed by atoms with E-state index in [-0.39, 0.29) is 61.7 Å². The average Bonchev–Trinajstić information content (AvgIpc) is 1.50. The number of nitrogens with zero attached hydrogens (tertiary/aromatic N) is 2. The van der Waals surface area contributed by atoms with E-state index < -0.39 is 5.41 Å². The van der Waals surface area contributed by atoms with Gasteiger partial charge in [0.05, 0.1) is 54.2 Å². The van der Waals surface area contributed by atoms with Gasteiger partial charge in [-0.2, -0.15) is 0 Å². The SMILES string of the molecule is CCCCCCCCC1(CCCCCCCC)c2cc(B3OC(C)(C)C(C)(C)O3)ccc2-c2cc3c(cc21)-c1ccc(B2OC(C)(C)C(C)(C)O2)cc1C3(CCCCCCCC)CCCCCCCC.Cc1cc2c(cc1C)C1(c3cc(B4OCCO4)ccc3-c3ccc(B4OCCO4)cc31)c1cc(C)c(C)cc1-2.Cc1ccc(N(c2ccc(Br)cc2)c2ccc(N(c3ccc(C)cc3)c3ccc(Br)cc3)cc2)cc1. The summed E-state index contributed by atoms with van der Waals surface area (Å²) in [6, 6.07) is 86.6. The van der Waals surface area contributed by atoms with Crippen LogP contribution in [0.25, 0.3) is 44.5 Å². The Hall–Kier alpha value is -8.86. The minimum absolute atomic E-state index is 0.0680.